The number of aromatic carboxylic acids is 1. The first kappa shape index (κ1) is 15.5. The third-order valence-electron chi connectivity index (χ3n) is 2.62. The van der Waals surface area contributed by atoms with Crippen molar-refractivity contribution in [2.45, 2.75) is 11.8 Å². The molecular weight excluding hydrogens is 360 g/mol. The van der Waals surface area contributed by atoms with Crippen molar-refractivity contribution in [3.63, 3.8) is 0 Å². The molecule has 0 saturated heterocycles. The van der Waals surface area contributed by atoms with E-state index in [1.54, 1.807) is 6.07 Å². The van der Waals surface area contributed by atoms with E-state index in [2.05, 4.69) is 25.6 Å². The number of anilines is 1. The predicted molar refractivity (Wildman–Crippen MR) is 80.9 cm³/mol. The third kappa shape index (κ3) is 3.59. The molecule has 0 amide bonds. The molecule has 110 valence electrons. The number of rotatable bonds is 4. The van der Waals surface area contributed by atoms with Gasteiger partial charge in [-0.3, -0.25) is 4.72 Å². The van der Waals surface area contributed by atoms with Gasteiger partial charge in [-0.05, 0) is 52.7 Å². The van der Waals surface area contributed by atoms with Crippen molar-refractivity contribution in [2.24, 2.45) is 0 Å². The van der Waals surface area contributed by atoms with Crippen LogP contribution in [0.4, 0.5) is 5.82 Å². The molecule has 21 heavy (non-hydrogen) atoms. The van der Waals surface area contributed by atoms with Crippen LogP contribution >= 0.6 is 15.9 Å². The van der Waals surface area contributed by atoms with E-state index in [0.717, 1.165) is 11.6 Å². The molecule has 2 aromatic rings. The number of nitrogens with one attached hydrogen (secondary N) is 1. The van der Waals surface area contributed by atoms with Gasteiger partial charge in [-0.15, -0.1) is 0 Å². The number of sulfonamides is 1. The zero-order valence-electron chi connectivity index (χ0n) is 10.9. The van der Waals surface area contributed by atoms with Crippen molar-refractivity contribution in [1.82, 2.24) is 4.98 Å². The highest BCUT2D eigenvalue weighted by Gasteiger charge is 2.20. The molecule has 0 spiro atoms. The molecule has 1 aromatic heterocycles. The SMILES string of the molecule is Cc1ccc(NS(=O)(=O)c2cc(C(=O)O)ccc2Br)nc1. The summed E-state index contributed by atoms with van der Waals surface area (Å²) in [7, 11) is -3.94. The molecule has 0 atom stereocenters. The predicted octanol–water partition coefficient (Wildman–Crippen LogP) is 2.65. The first-order valence-corrected chi connectivity index (χ1v) is 8.05. The minimum absolute atomic E-state index is 0.115. The highest BCUT2D eigenvalue weighted by Crippen LogP contribution is 2.25. The van der Waals surface area contributed by atoms with Gasteiger partial charge in [0.1, 0.15) is 10.7 Å². The number of aromatic nitrogens is 1. The van der Waals surface area contributed by atoms with Gasteiger partial charge in [0.25, 0.3) is 10.0 Å². The Morgan fingerprint density at radius 2 is 2.00 bits per heavy atom. The van der Waals surface area contributed by atoms with Gasteiger partial charge in [0.2, 0.25) is 0 Å². The molecule has 2 rings (SSSR count). The van der Waals surface area contributed by atoms with Gasteiger partial charge in [0.15, 0.2) is 0 Å². The Morgan fingerprint density at radius 3 is 2.57 bits per heavy atom. The number of hydrogen-bond donors (Lipinski definition) is 2. The molecule has 2 N–H and O–H groups in total. The highest BCUT2D eigenvalue weighted by molar-refractivity contribution is 9.10. The average molecular weight is 371 g/mol. The minimum atomic E-state index is -3.94. The second-order valence-corrected chi connectivity index (χ2v) is 6.78. The largest absolute Gasteiger partial charge is 0.478 e. The van der Waals surface area contributed by atoms with Crippen molar-refractivity contribution >= 4 is 37.7 Å². The summed E-state index contributed by atoms with van der Waals surface area (Å²) in [5.41, 5.74) is 0.780. The third-order valence-corrected chi connectivity index (χ3v) is 4.97. The molecule has 0 unspecified atom stereocenters. The van der Waals surface area contributed by atoms with Crippen molar-refractivity contribution in [3.05, 3.63) is 52.1 Å². The van der Waals surface area contributed by atoms with E-state index in [9.17, 15) is 13.2 Å². The fraction of sp³-hybridized carbons (Fsp3) is 0.0769. The van der Waals surface area contributed by atoms with Gasteiger partial charge in [0.05, 0.1) is 5.56 Å². The van der Waals surface area contributed by atoms with Crippen LogP contribution in [0.15, 0.2) is 45.9 Å². The number of benzene rings is 1. The van der Waals surface area contributed by atoms with Crippen LogP contribution in [0.2, 0.25) is 0 Å². The Hall–Kier alpha value is -1.93. The minimum Gasteiger partial charge on any atom is -0.478 e. The second kappa shape index (κ2) is 5.82. The Balaban J connectivity index is 2.41. The zero-order valence-corrected chi connectivity index (χ0v) is 13.3. The highest BCUT2D eigenvalue weighted by atomic mass is 79.9. The van der Waals surface area contributed by atoms with Crippen molar-refractivity contribution in [1.29, 1.82) is 0 Å². The van der Waals surface area contributed by atoms with Crippen molar-refractivity contribution < 1.29 is 18.3 Å². The normalized spacial score (nSPS) is 11.1. The number of carbonyl (C=O) groups is 1. The lowest BCUT2D eigenvalue weighted by Crippen LogP contribution is -2.15. The number of carboxylic acids is 1. The molecule has 1 heterocycles. The lowest BCUT2D eigenvalue weighted by molar-refractivity contribution is 0.0696. The van der Waals surface area contributed by atoms with Crippen LogP contribution in [0.3, 0.4) is 0 Å². The maximum atomic E-state index is 12.3. The van der Waals surface area contributed by atoms with E-state index < -0.39 is 16.0 Å². The summed E-state index contributed by atoms with van der Waals surface area (Å²) < 4.78 is 27.2. The van der Waals surface area contributed by atoms with Crippen LogP contribution in [0, 0.1) is 6.92 Å². The van der Waals surface area contributed by atoms with Gasteiger partial charge in [-0.1, -0.05) is 6.07 Å². The molecule has 1 aromatic carbocycles. The monoisotopic (exact) mass is 370 g/mol. The van der Waals surface area contributed by atoms with E-state index in [1.165, 1.54) is 24.4 Å². The summed E-state index contributed by atoms with van der Waals surface area (Å²) >= 11 is 3.11. The first-order chi connectivity index (χ1) is 9.79. The number of halogens is 1. The summed E-state index contributed by atoms with van der Waals surface area (Å²) in [6.45, 7) is 1.83. The van der Waals surface area contributed by atoms with E-state index in [1.807, 2.05) is 6.92 Å². The Bertz CT molecular complexity index is 788. The quantitative estimate of drug-likeness (QED) is 0.862. The first-order valence-electron chi connectivity index (χ1n) is 5.78. The molecule has 0 aliphatic carbocycles. The molecule has 0 aliphatic rings. The van der Waals surface area contributed by atoms with Crippen LogP contribution in [0.25, 0.3) is 0 Å². The van der Waals surface area contributed by atoms with Crippen molar-refractivity contribution in [3.8, 4) is 0 Å². The van der Waals surface area contributed by atoms with Gasteiger partial charge >= 0.3 is 5.97 Å². The topological polar surface area (TPSA) is 96.4 Å². The Kier molecular flexibility index (Phi) is 4.29. The van der Waals surface area contributed by atoms with Crippen LogP contribution in [-0.4, -0.2) is 24.5 Å². The van der Waals surface area contributed by atoms with Gasteiger partial charge in [0, 0.05) is 10.7 Å². The molecule has 0 saturated carbocycles. The van der Waals surface area contributed by atoms with E-state index in [-0.39, 0.29) is 20.7 Å². The molecule has 0 aliphatic heterocycles. The van der Waals surface area contributed by atoms with Crippen LogP contribution < -0.4 is 4.72 Å². The molecular formula is C13H11BrN2O4S. The van der Waals surface area contributed by atoms with E-state index in [4.69, 9.17) is 5.11 Å². The summed E-state index contributed by atoms with van der Waals surface area (Å²) in [6.07, 6.45) is 1.53. The fourth-order valence-electron chi connectivity index (χ4n) is 1.56. The number of aryl methyl sites for hydroxylation is 1. The number of carboxylic acid groups (broad SMARTS) is 1. The number of nitrogens with zero attached hydrogens (tertiary/aromatic N) is 1. The Morgan fingerprint density at radius 1 is 1.29 bits per heavy atom. The zero-order chi connectivity index (χ0) is 15.6. The maximum absolute atomic E-state index is 12.3. The summed E-state index contributed by atoms with van der Waals surface area (Å²) in [4.78, 5) is 14.7. The fourth-order valence-corrected chi connectivity index (χ4v) is 3.56. The molecule has 0 radical (unpaired) electrons. The molecule has 0 fully saturated rings. The maximum Gasteiger partial charge on any atom is 0.335 e. The second-order valence-electron chi connectivity index (χ2n) is 4.28. The standard InChI is InChI=1S/C13H11BrN2O4S/c1-8-2-5-12(15-7-8)16-21(19,20)11-6-9(13(17)18)3-4-10(11)14/h2-7H,1H3,(H,15,16)(H,17,18). The van der Waals surface area contributed by atoms with Crippen LogP contribution in [0.1, 0.15) is 15.9 Å². The summed E-state index contributed by atoms with van der Waals surface area (Å²) in [5.74, 6) is -1.04. The van der Waals surface area contributed by atoms with Crippen molar-refractivity contribution in [2.75, 3.05) is 4.72 Å². The van der Waals surface area contributed by atoms with Crippen LogP contribution in [0.5, 0.6) is 0 Å². The number of hydrogen-bond acceptors (Lipinski definition) is 4. The molecule has 6 nitrogen and oxygen atoms in total. The smallest absolute Gasteiger partial charge is 0.335 e. The van der Waals surface area contributed by atoms with E-state index in [0.29, 0.717) is 0 Å². The lowest BCUT2D eigenvalue weighted by Gasteiger charge is -2.09. The number of pyridine rings is 1. The van der Waals surface area contributed by atoms with Crippen LogP contribution in [-0.2, 0) is 10.0 Å². The summed E-state index contributed by atoms with van der Waals surface area (Å²) in [5, 5.41) is 8.94. The van der Waals surface area contributed by atoms with Gasteiger partial charge in [-0.2, -0.15) is 0 Å². The van der Waals surface area contributed by atoms with E-state index >= 15 is 0 Å². The lowest BCUT2D eigenvalue weighted by atomic mass is 10.2. The molecule has 0 bridgehead atoms. The molecule has 8 heteroatoms. The Labute approximate surface area is 130 Å². The van der Waals surface area contributed by atoms with Gasteiger partial charge in [-0.25, -0.2) is 18.2 Å². The average Bonchev–Trinajstić information content (AvgIpc) is 2.41. The van der Waals surface area contributed by atoms with Gasteiger partial charge < -0.3 is 5.11 Å². The summed E-state index contributed by atoms with van der Waals surface area (Å²) in [6, 6.07) is 7.02.